The maximum Gasteiger partial charge on any atom is 0.295 e. The fourth-order valence-corrected chi connectivity index (χ4v) is 1.94. The van der Waals surface area contributed by atoms with Gasteiger partial charge < -0.3 is 4.74 Å². The van der Waals surface area contributed by atoms with Crippen molar-refractivity contribution < 1.29 is 9.66 Å². The SMILES string of the molecule is O=[N+]([O-])c1ccc(Oc2ccc(Cl)nn2)c2cccnc12. The van der Waals surface area contributed by atoms with E-state index in [4.69, 9.17) is 16.3 Å². The molecular formula is C13H7ClN4O3. The molecule has 2 heterocycles. The molecule has 0 N–H and O–H groups in total. The minimum atomic E-state index is -0.485. The van der Waals surface area contributed by atoms with Crippen LogP contribution in [-0.4, -0.2) is 20.1 Å². The van der Waals surface area contributed by atoms with Gasteiger partial charge in [-0.2, -0.15) is 0 Å². The third kappa shape index (κ3) is 2.59. The lowest BCUT2D eigenvalue weighted by Crippen LogP contribution is -1.95. The maximum absolute atomic E-state index is 11.0. The van der Waals surface area contributed by atoms with E-state index in [2.05, 4.69) is 15.2 Å². The monoisotopic (exact) mass is 302 g/mol. The number of ether oxygens (including phenoxy) is 1. The molecule has 0 fully saturated rings. The van der Waals surface area contributed by atoms with E-state index in [1.807, 2.05) is 0 Å². The van der Waals surface area contributed by atoms with Gasteiger partial charge >= 0.3 is 0 Å². The summed E-state index contributed by atoms with van der Waals surface area (Å²) >= 11 is 5.65. The molecule has 0 saturated carbocycles. The first-order valence-electron chi connectivity index (χ1n) is 5.84. The highest BCUT2D eigenvalue weighted by Gasteiger charge is 2.16. The molecule has 7 nitrogen and oxygen atoms in total. The summed E-state index contributed by atoms with van der Waals surface area (Å²) in [6, 6.07) is 9.29. The third-order valence-corrected chi connectivity index (χ3v) is 2.93. The summed E-state index contributed by atoms with van der Waals surface area (Å²) < 4.78 is 5.59. The molecular weight excluding hydrogens is 296 g/mol. The lowest BCUT2D eigenvalue weighted by molar-refractivity contribution is -0.383. The number of hydrogen-bond donors (Lipinski definition) is 0. The number of non-ortho nitro benzene ring substituents is 1. The Morgan fingerprint density at radius 1 is 1.14 bits per heavy atom. The Bertz CT molecular complexity index is 823. The van der Waals surface area contributed by atoms with Crippen LogP contribution in [0, 0.1) is 10.1 Å². The van der Waals surface area contributed by atoms with Gasteiger partial charge in [0.05, 0.1) is 10.3 Å². The van der Waals surface area contributed by atoms with Gasteiger partial charge in [0.1, 0.15) is 5.75 Å². The zero-order valence-electron chi connectivity index (χ0n) is 10.4. The number of pyridine rings is 1. The second kappa shape index (κ2) is 5.29. The second-order valence-corrected chi connectivity index (χ2v) is 4.42. The molecule has 3 rings (SSSR count). The van der Waals surface area contributed by atoms with Crippen LogP contribution in [0.5, 0.6) is 11.6 Å². The number of nitro benzene ring substituents is 1. The van der Waals surface area contributed by atoms with Crippen LogP contribution < -0.4 is 4.74 Å². The number of halogens is 1. The largest absolute Gasteiger partial charge is 0.437 e. The molecule has 3 aromatic rings. The van der Waals surface area contributed by atoms with E-state index in [0.717, 1.165) is 0 Å². The van der Waals surface area contributed by atoms with Crippen molar-refractivity contribution in [1.82, 2.24) is 15.2 Å². The van der Waals surface area contributed by atoms with Crippen LogP contribution >= 0.6 is 11.6 Å². The maximum atomic E-state index is 11.0. The summed E-state index contributed by atoms with van der Waals surface area (Å²) in [7, 11) is 0. The minimum absolute atomic E-state index is 0.0832. The van der Waals surface area contributed by atoms with Gasteiger partial charge in [0.25, 0.3) is 5.69 Å². The molecule has 0 aliphatic rings. The Labute approximate surface area is 123 Å². The average molecular weight is 303 g/mol. The lowest BCUT2D eigenvalue weighted by Gasteiger charge is -2.07. The van der Waals surface area contributed by atoms with Crippen LogP contribution in [0.4, 0.5) is 5.69 Å². The van der Waals surface area contributed by atoms with Gasteiger partial charge in [-0.25, -0.2) is 4.98 Å². The van der Waals surface area contributed by atoms with Crippen molar-refractivity contribution >= 4 is 28.2 Å². The smallest absolute Gasteiger partial charge is 0.295 e. The van der Waals surface area contributed by atoms with Crippen molar-refractivity contribution in [3.05, 3.63) is 57.9 Å². The summed E-state index contributed by atoms with van der Waals surface area (Å²) in [6.45, 7) is 0. The molecule has 0 radical (unpaired) electrons. The summed E-state index contributed by atoms with van der Waals surface area (Å²) in [5.41, 5.74) is 0.169. The minimum Gasteiger partial charge on any atom is -0.437 e. The van der Waals surface area contributed by atoms with Crippen molar-refractivity contribution in [2.24, 2.45) is 0 Å². The van der Waals surface area contributed by atoms with E-state index in [1.165, 1.54) is 24.4 Å². The molecule has 0 spiro atoms. The van der Waals surface area contributed by atoms with Gasteiger partial charge in [-0.3, -0.25) is 10.1 Å². The fourth-order valence-electron chi connectivity index (χ4n) is 1.84. The lowest BCUT2D eigenvalue weighted by atomic mass is 10.1. The molecule has 2 aromatic heterocycles. The number of aromatic nitrogens is 3. The van der Waals surface area contributed by atoms with Gasteiger partial charge in [0.15, 0.2) is 10.7 Å². The van der Waals surface area contributed by atoms with E-state index < -0.39 is 4.92 Å². The van der Waals surface area contributed by atoms with Crippen molar-refractivity contribution in [2.45, 2.75) is 0 Å². The number of hydrogen-bond acceptors (Lipinski definition) is 6. The molecule has 8 heteroatoms. The predicted molar refractivity (Wildman–Crippen MR) is 75.5 cm³/mol. The van der Waals surface area contributed by atoms with Crippen molar-refractivity contribution in [2.75, 3.05) is 0 Å². The van der Waals surface area contributed by atoms with Crippen molar-refractivity contribution in [3.8, 4) is 11.6 Å². The van der Waals surface area contributed by atoms with Crippen molar-refractivity contribution in [1.29, 1.82) is 0 Å². The van der Waals surface area contributed by atoms with E-state index >= 15 is 0 Å². The van der Waals surface area contributed by atoms with Crippen molar-refractivity contribution in [3.63, 3.8) is 0 Å². The topological polar surface area (TPSA) is 91.0 Å². The van der Waals surface area contributed by atoms with E-state index in [-0.39, 0.29) is 22.2 Å². The Morgan fingerprint density at radius 3 is 2.71 bits per heavy atom. The van der Waals surface area contributed by atoms with E-state index in [9.17, 15) is 10.1 Å². The molecule has 104 valence electrons. The molecule has 0 saturated heterocycles. The molecule has 0 bridgehead atoms. The first-order chi connectivity index (χ1) is 10.1. The first-order valence-corrected chi connectivity index (χ1v) is 6.22. The van der Waals surface area contributed by atoms with Crippen LogP contribution in [0.3, 0.4) is 0 Å². The van der Waals surface area contributed by atoms with E-state index in [0.29, 0.717) is 11.1 Å². The zero-order valence-corrected chi connectivity index (χ0v) is 11.2. The molecule has 1 aromatic carbocycles. The number of benzene rings is 1. The van der Waals surface area contributed by atoms with Gasteiger partial charge in [-0.1, -0.05) is 11.6 Å². The van der Waals surface area contributed by atoms with Crippen LogP contribution in [0.25, 0.3) is 10.9 Å². The van der Waals surface area contributed by atoms with E-state index in [1.54, 1.807) is 18.2 Å². The highest BCUT2D eigenvalue weighted by molar-refractivity contribution is 6.29. The van der Waals surface area contributed by atoms with Gasteiger partial charge in [-0.05, 0) is 24.3 Å². The molecule has 0 atom stereocenters. The zero-order chi connectivity index (χ0) is 14.8. The molecule has 0 unspecified atom stereocenters. The molecule has 0 aliphatic heterocycles. The standard InChI is InChI=1S/C13H7ClN4O3/c14-11-5-6-12(17-16-11)21-10-4-3-9(18(19)20)13-8(10)2-1-7-15-13/h1-7H. The Hall–Kier alpha value is -2.80. The third-order valence-electron chi connectivity index (χ3n) is 2.73. The van der Waals surface area contributed by atoms with Gasteiger partial charge in [0.2, 0.25) is 5.88 Å². The number of nitrogens with zero attached hydrogens (tertiary/aromatic N) is 4. The summed E-state index contributed by atoms with van der Waals surface area (Å²) in [5.74, 6) is 0.638. The number of fused-ring (bicyclic) bond motifs is 1. The van der Waals surface area contributed by atoms with Crippen LogP contribution in [0.15, 0.2) is 42.6 Å². The highest BCUT2D eigenvalue weighted by Crippen LogP contribution is 2.33. The summed E-state index contributed by atoms with van der Waals surface area (Å²) in [5, 5.41) is 19.2. The summed E-state index contributed by atoms with van der Waals surface area (Å²) in [6.07, 6.45) is 1.49. The Balaban J connectivity index is 2.09. The highest BCUT2D eigenvalue weighted by atomic mass is 35.5. The van der Waals surface area contributed by atoms with Crippen LogP contribution in [0.2, 0.25) is 5.15 Å². The number of nitro groups is 1. The quantitative estimate of drug-likeness (QED) is 0.544. The predicted octanol–water partition coefficient (Wildman–Crippen LogP) is 3.38. The first kappa shape index (κ1) is 13.2. The van der Waals surface area contributed by atoms with Crippen LogP contribution in [0.1, 0.15) is 0 Å². The number of rotatable bonds is 3. The summed E-state index contributed by atoms with van der Waals surface area (Å²) in [4.78, 5) is 14.6. The molecule has 0 amide bonds. The second-order valence-electron chi connectivity index (χ2n) is 4.04. The van der Waals surface area contributed by atoms with Gasteiger partial charge in [-0.15, -0.1) is 10.2 Å². The Kier molecular flexibility index (Phi) is 3.33. The molecule has 0 aliphatic carbocycles. The average Bonchev–Trinajstić information content (AvgIpc) is 2.49. The van der Waals surface area contributed by atoms with Gasteiger partial charge in [0, 0.05) is 18.3 Å². The Morgan fingerprint density at radius 2 is 2.00 bits per heavy atom. The molecule has 21 heavy (non-hydrogen) atoms. The normalized spacial score (nSPS) is 10.5. The van der Waals surface area contributed by atoms with Crippen LogP contribution in [-0.2, 0) is 0 Å². The fraction of sp³-hybridized carbons (Fsp3) is 0.